The number of hydrogen-bond donors (Lipinski definition) is 1. The minimum atomic E-state index is -3.10. The van der Waals surface area contributed by atoms with Gasteiger partial charge in [0, 0.05) is 25.7 Å². The van der Waals surface area contributed by atoms with Crippen molar-refractivity contribution in [3.8, 4) is 0 Å². The van der Waals surface area contributed by atoms with Crippen LogP contribution in [0.25, 0.3) is 0 Å². The average Bonchev–Trinajstić information content (AvgIpc) is 2.34. The lowest BCUT2D eigenvalue weighted by atomic mass is 9.99. The maximum atomic E-state index is 11.1. The third-order valence-electron chi connectivity index (χ3n) is 3.42. The Balaban J connectivity index is 1.96. The van der Waals surface area contributed by atoms with E-state index in [0.717, 1.165) is 19.5 Å². The molecular weight excluding hydrogens is 248 g/mol. The SMILES string of the molecule is C[C@@H](CNS(C)(=O)=O)N1CCc2ccccc2C1. The van der Waals surface area contributed by atoms with Crippen LogP contribution in [-0.2, 0) is 23.0 Å². The highest BCUT2D eigenvalue weighted by atomic mass is 32.2. The van der Waals surface area contributed by atoms with Crippen LogP contribution in [0, 0.1) is 0 Å². The van der Waals surface area contributed by atoms with Crippen molar-refractivity contribution in [1.82, 2.24) is 9.62 Å². The van der Waals surface area contributed by atoms with Gasteiger partial charge in [0.05, 0.1) is 6.26 Å². The number of hydrogen-bond acceptors (Lipinski definition) is 3. The molecule has 1 N–H and O–H groups in total. The Morgan fingerprint density at radius 3 is 2.67 bits per heavy atom. The van der Waals surface area contributed by atoms with Gasteiger partial charge in [-0.3, -0.25) is 4.90 Å². The summed E-state index contributed by atoms with van der Waals surface area (Å²) in [6.07, 6.45) is 2.24. The molecule has 100 valence electrons. The number of fused-ring (bicyclic) bond motifs is 1. The topological polar surface area (TPSA) is 49.4 Å². The fourth-order valence-corrected chi connectivity index (χ4v) is 2.84. The molecule has 0 fully saturated rings. The van der Waals surface area contributed by atoms with Crippen LogP contribution < -0.4 is 4.72 Å². The summed E-state index contributed by atoms with van der Waals surface area (Å²) in [6, 6.07) is 8.67. The lowest BCUT2D eigenvalue weighted by Gasteiger charge is -2.33. The lowest BCUT2D eigenvalue weighted by Crippen LogP contribution is -2.44. The van der Waals surface area contributed by atoms with Gasteiger partial charge in [0.25, 0.3) is 0 Å². The van der Waals surface area contributed by atoms with Crippen LogP contribution in [0.5, 0.6) is 0 Å². The molecule has 0 radical (unpaired) electrons. The van der Waals surface area contributed by atoms with Crippen LogP contribution in [0.1, 0.15) is 18.1 Å². The van der Waals surface area contributed by atoms with E-state index in [1.165, 1.54) is 17.4 Å². The normalized spacial score (nSPS) is 18.3. The molecule has 18 heavy (non-hydrogen) atoms. The third-order valence-corrected chi connectivity index (χ3v) is 4.12. The second-order valence-electron chi connectivity index (χ2n) is 4.96. The van der Waals surface area contributed by atoms with Crippen molar-refractivity contribution >= 4 is 10.0 Å². The van der Waals surface area contributed by atoms with Crippen LogP contribution in [0.3, 0.4) is 0 Å². The molecule has 0 saturated carbocycles. The quantitative estimate of drug-likeness (QED) is 0.885. The summed E-state index contributed by atoms with van der Waals surface area (Å²) in [7, 11) is -3.10. The summed E-state index contributed by atoms with van der Waals surface area (Å²) in [5.41, 5.74) is 2.77. The molecule has 0 aliphatic carbocycles. The molecule has 0 spiro atoms. The fourth-order valence-electron chi connectivity index (χ4n) is 2.29. The molecular formula is C13H20N2O2S. The zero-order chi connectivity index (χ0) is 13.2. The molecule has 1 aliphatic rings. The van der Waals surface area contributed by atoms with Gasteiger partial charge in [0.2, 0.25) is 10.0 Å². The first-order valence-corrected chi connectivity index (χ1v) is 8.10. The highest BCUT2D eigenvalue weighted by molar-refractivity contribution is 7.88. The van der Waals surface area contributed by atoms with E-state index < -0.39 is 10.0 Å². The van der Waals surface area contributed by atoms with Crippen LogP contribution in [0.15, 0.2) is 24.3 Å². The zero-order valence-corrected chi connectivity index (χ0v) is 11.7. The van der Waals surface area contributed by atoms with E-state index >= 15 is 0 Å². The van der Waals surface area contributed by atoms with Gasteiger partial charge in [-0.25, -0.2) is 13.1 Å². The summed E-state index contributed by atoms with van der Waals surface area (Å²) >= 11 is 0. The van der Waals surface area contributed by atoms with E-state index in [2.05, 4.69) is 40.8 Å². The summed E-state index contributed by atoms with van der Waals surface area (Å²) < 4.78 is 24.7. The molecule has 0 bridgehead atoms. The summed E-state index contributed by atoms with van der Waals surface area (Å²) in [4.78, 5) is 2.32. The van der Waals surface area contributed by atoms with Crippen molar-refractivity contribution in [3.05, 3.63) is 35.4 Å². The first kappa shape index (κ1) is 13.5. The number of rotatable bonds is 4. The highest BCUT2D eigenvalue weighted by Gasteiger charge is 2.20. The molecule has 0 unspecified atom stereocenters. The molecule has 1 aliphatic heterocycles. The van der Waals surface area contributed by atoms with E-state index in [9.17, 15) is 8.42 Å². The maximum absolute atomic E-state index is 11.1. The Hall–Kier alpha value is -0.910. The molecule has 0 saturated heterocycles. The first-order valence-electron chi connectivity index (χ1n) is 6.21. The van der Waals surface area contributed by atoms with Gasteiger partial charge in [-0.05, 0) is 24.5 Å². The monoisotopic (exact) mass is 268 g/mol. The molecule has 1 atom stereocenters. The van der Waals surface area contributed by atoms with Crippen molar-refractivity contribution in [3.63, 3.8) is 0 Å². The molecule has 5 heteroatoms. The second-order valence-corrected chi connectivity index (χ2v) is 6.79. The van der Waals surface area contributed by atoms with E-state index in [1.54, 1.807) is 0 Å². The van der Waals surface area contributed by atoms with Gasteiger partial charge in [-0.2, -0.15) is 0 Å². The number of sulfonamides is 1. The largest absolute Gasteiger partial charge is 0.295 e. The maximum Gasteiger partial charge on any atom is 0.208 e. The summed E-state index contributed by atoms with van der Waals surface area (Å²) in [6.45, 7) is 4.43. The van der Waals surface area contributed by atoms with Crippen LogP contribution in [0.2, 0.25) is 0 Å². The van der Waals surface area contributed by atoms with E-state index in [4.69, 9.17) is 0 Å². The zero-order valence-electron chi connectivity index (χ0n) is 10.9. The fraction of sp³-hybridized carbons (Fsp3) is 0.538. The molecule has 1 heterocycles. The molecule has 1 aromatic carbocycles. The summed E-state index contributed by atoms with van der Waals surface area (Å²) in [5, 5.41) is 0. The number of nitrogens with zero attached hydrogens (tertiary/aromatic N) is 1. The van der Waals surface area contributed by atoms with Gasteiger partial charge in [-0.15, -0.1) is 0 Å². The molecule has 2 rings (SSSR count). The number of nitrogens with one attached hydrogen (secondary N) is 1. The Bertz CT molecular complexity index is 513. The minimum Gasteiger partial charge on any atom is -0.295 e. The standard InChI is InChI=1S/C13H20N2O2S/c1-11(9-14-18(2,16)17)15-8-7-12-5-3-4-6-13(12)10-15/h3-6,11,14H,7-10H2,1-2H3/t11-/m0/s1. The average molecular weight is 268 g/mol. The highest BCUT2D eigenvalue weighted by Crippen LogP contribution is 2.19. The third kappa shape index (κ3) is 3.54. The predicted molar refractivity (Wildman–Crippen MR) is 72.9 cm³/mol. The van der Waals surface area contributed by atoms with Crippen molar-refractivity contribution in [2.45, 2.75) is 25.9 Å². The van der Waals surface area contributed by atoms with Crippen molar-refractivity contribution in [2.75, 3.05) is 19.3 Å². The van der Waals surface area contributed by atoms with Gasteiger partial charge >= 0.3 is 0 Å². The second kappa shape index (κ2) is 5.38. The summed E-state index contributed by atoms with van der Waals surface area (Å²) in [5.74, 6) is 0. The smallest absolute Gasteiger partial charge is 0.208 e. The van der Waals surface area contributed by atoms with Crippen molar-refractivity contribution < 1.29 is 8.42 Å². The molecule has 1 aromatic rings. The van der Waals surface area contributed by atoms with Crippen LogP contribution in [-0.4, -0.2) is 38.7 Å². The van der Waals surface area contributed by atoms with Crippen molar-refractivity contribution in [1.29, 1.82) is 0 Å². The Kier molecular flexibility index (Phi) is 4.04. The number of benzene rings is 1. The van der Waals surface area contributed by atoms with Crippen molar-refractivity contribution in [2.24, 2.45) is 0 Å². The van der Waals surface area contributed by atoms with Gasteiger partial charge in [0.1, 0.15) is 0 Å². The van der Waals surface area contributed by atoms with Crippen LogP contribution >= 0.6 is 0 Å². The van der Waals surface area contributed by atoms with E-state index in [1.807, 2.05) is 0 Å². The molecule has 4 nitrogen and oxygen atoms in total. The lowest BCUT2D eigenvalue weighted by molar-refractivity contribution is 0.192. The first-order chi connectivity index (χ1) is 8.46. The van der Waals surface area contributed by atoms with Gasteiger partial charge < -0.3 is 0 Å². The molecule has 0 amide bonds. The van der Waals surface area contributed by atoms with Gasteiger partial charge in [-0.1, -0.05) is 24.3 Å². The predicted octanol–water partition coefficient (Wildman–Crippen LogP) is 0.982. The van der Waals surface area contributed by atoms with Crippen LogP contribution in [0.4, 0.5) is 0 Å². The van der Waals surface area contributed by atoms with Gasteiger partial charge in [0.15, 0.2) is 0 Å². The Morgan fingerprint density at radius 2 is 2.00 bits per heavy atom. The van der Waals surface area contributed by atoms with E-state index in [-0.39, 0.29) is 6.04 Å². The molecule has 0 aromatic heterocycles. The van der Waals surface area contributed by atoms with E-state index in [0.29, 0.717) is 6.54 Å². The Labute approximate surface area is 109 Å². The minimum absolute atomic E-state index is 0.216. The Morgan fingerprint density at radius 1 is 1.33 bits per heavy atom.